The van der Waals surface area contributed by atoms with Gasteiger partial charge < -0.3 is 11.1 Å². The standard InChI is InChI=1S/C13H19N3O.2ClH/c1-9-4-2-7-12(15-9)16-13(17)10-5-3-6-11(14)8-10;;/h2,4,7,10-11H,3,5-6,8,14H2,1H3,(H,15,16,17);2*1H. The van der Waals surface area contributed by atoms with E-state index in [4.69, 9.17) is 5.73 Å². The number of nitrogens with two attached hydrogens (primary N) is 1. The number of hydrogen-bond donors (Lipinski definition) is 2. The van der Waals surface area contributed by atoms with Gasteiger partial charge >= 0.3 is 0 Å². The van der Waals surface area contributed by atoms with Gasteiger partial charge in [-0.25, -0.2) is 4.98 Å². The molecular formula is C13H21Cl2N3O. The molecule has 0 aromatic carbocycles. The lowest BCUT2D eigenvalue weighted by molar-refractivity contribution is -0.120. The van der Waals surface area contributed by atoms with Crippen LogP contribution in [0.5, 0.6) is 0 Å². The summed E-state index contributed by atoms with van der Waals surface area (Å²) in [6, 6.07) is 5.79. The number of halogens is 2. The van der Waals surface area contributed by atoms with E-state index in [1.165, 1.54) is 0 Å². The molecule has 0 bridgehead atoms. The number of nitrogens with zero attached hydrogens (tertiary/aromatic N) is 1. The molecule has 1 amide bonds. The van der Waals surface area contributed by atoms with Crippen LogP contribution in [0.25, 0.3) is 0 Å². The van der Waals surface area contributed by atoms with E-state index in [1.54, 1.807) is 0 Å². The maximum absolute atomic E-state index is 12.0. The molecule has 2 atom stereocenters. The van der Waals surface area contributed by atoms with E-state index in [9.17, 15) is 4.79 Å². The molecule has 108 valence electrons. The molecule has 0 aliphatic heterocycles. The van der Waals surface area contributed by atoms with Crippen molar-refractivity contribution in [3.05, 3.63) is 23.9 Å². The maximum atomic E-state index is 12.0. The van der Waals surface area contributed by atoms with Crippen LogP contribution in [-0.4, -0.2) is 16.9 Å². The number of anilines is 1. The van der Waals surface area contributed by atoms with Crippen molar-refractivity contribution in [3.63, 3.8) is 0 Å². The molecule has 1 aromatic rings. The van der Waals surface area contributed by atoms with Gasteiger partial charge in [0, 0.05) is 17.7 Å². The molecule has 3 N–H and O–H groups in total. The molecule has 0 saturated heterocycles. The van der Waals surface area contributed by atoms with Crippen LogP contribution in [-0.2, 0) is 4.79 Å². The number of rotatable bonds is 2. The third-order valence-corrected chi connectivity index (χ3v) is 3.23. The highest BCUT2D eigenvalue weighted by Crippen LogP contribution is 2.24. The average Bonchev–Trinajstić information content (AvgIpc) is 2.29. The number of carbonyl (C=O) groups excluding carboxylic acids is 1. The molecule has 1 aliphatic carbocycles. The molecular weight excluding hydrogens is 285 g/mol. The first-order chi connectivity index (χ1) is 8.15. The van der Waals surface area contributed by atoms with Gasteiger partial charge in [0.15, 0.2) is 0 Å². The molecule has 2 unspecified atom stereocenters. The largest absolute Gasteiger partial charge is 0.328 e. The summed E-state index contributed by atoms with van der Waals surface area (Å²) >= 11 is 0. The van der Waals surface area contributed by atoms with E-state index in [-0.39, 0.29) is 42.7 Å². The van der Waals surface area contributed by atoms with E-state index < -0.39 is 0 Å². The van der Waals surface area contributed by atoms with Gasteiger partial charge in [0.1, 0.15) is 5.82 Å². The minimum atomic E-state index is 0. The zero-order chi connectivity index (χ0) is 12.3. The zero-order valence-corrected chi connectivity index (χ0v) is 12.6. The summed E-state index contributed by atoms with van der Waals surface area (Å²) in [5.74, 6) is 0.730. The fraction of sp³-hybridized carbons (Fsp3) is 0.538. The molecule has 1 fully saturated rings. The van der Waals surface area contributed by atoms with Crippen LogP contribution < -0.4 is 11.1 Å². The van der Waals surface area contributed by atoms with Crippen molar-refractivity contribution in [2.75, 3.05) is 5.32 Å². The van der Waals surface area contributed by atoms with E-state index in [0.29, 0.717) is 5.82 Å². The van der Waals surface area contributed by atoms with Crippen molar-refractivity contribution >= 4 is 36.5 Å². The summed E-state index contributed by atoms with van der Waals surface area (Å²) in [7, 11) is 0. The molecule has 1 aliphatic rings. The second-order valence-corrected chi connectivity index (χ2v) is 4.78. The van der Waals surface area contributed by atoms with Crippen LogP contribution in [0, 0.1) is 12.8 Å². The fourth-order valence-corrected chi connectivity index (χ4v) is 2.31. The smallest absolute Gasteiger partial charge is 0.228 e. The Hall–Kier alpha value is -0.840. The van der Waals surface area contributed by atoms with Crippen molar-refractivity contribution in [3.8, 4) is 0 Å². The topological polar surface area (TPSA) is 68.0 Å². The second kappa shape index (κ2) is 8.35. The first-order valence-corrected chi connectivity index (χ1v) is 6.15. The summed E-state index contributed by atoms with van der Waals surface area (Å²) in [5, 5.41) is 2.87. The Bertz CT molecular complexity index is 415. The molecule has 0 radical (unpaired) electrons. The molecule has 1 aromatic heterocycles. The molecule has 4 nitrogen and oxygen atoms in total. The number of hydrogen-bond acceptors (Lipinski definition) is 3. The third-order valence-electron chi connectivity index (χ3n) is 3.23. The van der Waals surface area contributed by atoms with Crippen molar-refractivity contribution in [2.24, 2.45) is 11.7 Å². The van der Waals surface area contributed by atoms with Crippen LogP contribution in [0.4, 0.5) is 5.82 Å². The van der Waals surface area contributed by atoms with Crippen LogP contribution >= 0.6 is 24.8 Å². The van der Waals surface area contributed by atoms with Crippen LogP contribution in [0.15, 0.2) is 18.2 Å². The third kappa shape index (κ3) is 5.35. The first kappa shape index (κ1) is 18.2. The number of aryl methyl sites for hydroxylation is 1. The van der Waals surface area contributed by atoms with E-state index in [0.717, 1.165) is 31.4 Å². The molecule has 6 heteroatoms. The summed E-state index contributed by atoms with van der Waals surface area (Å²) in [5.41, 5.74) is 6.79. The minimum Gasteiger partial charge on any atom is -0.328 e. The lowest BCUT2D eigenvalue weighted by atomic mass is 9.85. The molecule has 19 heavy (non-hydrogen) atoms. The zero-order valence-electron chi connectivity index (χ0n) is 11.0. The summed E-state index contributed by atoms with van der Waals surface area (Å²) in [6.07, 6.45) is 3.80. The van der Waals surface area contributed by atoms with Gasteiger partial charge in [-0.3, -0.25) is 4.79 Å². The Kier molecular flexibility index (Phi) is 7.99. The van der Waals surface area contributed by atoms with Gasteiger partial charge in [0.25, 0.3) is 0 Å². The molecule has 0 spiro atoms. The predicted molar refractivity (Wildman–Crippen MR) is 82.0 cm³/mol. The number of amides is 1. The van der Waals surface area contributed by atoms with E-state index >= 15 is 0 Å². The van der Waals surface area contributed by atoms with Gasteiger partial charge in [-0.05, 0) is 38.3 Å². The summed E-state index contributed by atoms with van der Waals surface area (Å²) < 4.78 is 0. The Labute approximate surface area is 126 Å². The van der Waals surface area contributed by atoms with E-state index in [2.05, 4.69) is 10.3 Å². The Morgan fingerprint density at radius 3 is 2.74 bits per heavy atom. The van der Waals surface area contributed by atoms with Crippen LogP contribution in [0.1, 0.15) is 31.4 Å². The highest BCUT2D eigenvalue weighted by atomic mass is 35.5. The van der Waals surface area contributed by atoms with Crippen LogP contribution in [0.2, 0.25) is 0 Å². The number of aromatic nitrogens is 1. The predicted octanol–water partition coefficient (Wildman–Crippen LogP) is 2.69. The highest BCUT2D eigenvalue weighted by molar-refractivity contribution is 5.91. The normalized spacial score (nSPS) is 21.8. The van der Waals surface area contributed by atoms with Crippen molar-refractivity contribution in [2.45, 2.75) is 38.6 Å². The van der Waals surface area contributed by atoms with Crippen molar-refractivity contribution in [1.82, 2.24) is 4.98 Å². The number of pyridine rings is 1. The van der Waals surface area contributed by atoms with Gasteiger partial charge in [0.2, 0.25) is 5.91 Å². The summed E-state index contributed by atoms with van der Waals surface area (Å²) in [6.45, 7) is 1.91. The van der Waals surface area contributed by atoms with Crippen molar-refractivity contribution in [1.29, 1.82) is 0 Å². The fourth-order valence-electron chi connectivity index (χ4n) is 2.31. The van der Waals surface area contributed by atoms with Gasteiger partial charge in [-0.1, -0.05) is 12.5 Å². The second-order valence-electron chi connectivity index (χ2n) is 4.78. The number of carbonyl (C=O) groups is 1. The number of nitrogens with one attached hydrogen (secondary N) is 1. The highest BCUT2D eigenvalue weighted by Gasteiger charge is 2.25. The molecule has 1 heterocycles. The quantitative estimate of drug-likeness (QED) is 0.882. The SMILES string of the molecule is Cc1cccc(NC(=O)C2CCCC(N)C2)n1.Cl.Cl. The summed E-state index contributed by atoms with van der Waals surface area (Å²) in [4.78, 5) is 16.3. The minimum absolute atomic E-state index is 0. The Morgan fingerprint density at radius 2 is 2.11 bits per heavy atom. The van der Waals surface area contributed by atoms with E-state index in [1.807, 2.05) is 25.1 Å². The Morgan fingerprint density at radius 1 is 1.37 bits per heavy atom. The first-order valence-electron chi connectivity index (χ1n) is 6.15. The average molecular weight is 306 g/mol. The van der Waals surface area contributed by atoms with Gasteiger partial charge in [-0.15, -0.1) is 24.8 Å². The van der Waals surface area contributed by atoms with Crippen LogP contribution in [0.3, 0.4) is 0 Å². The van der Waals surface area contributed by atoms with Gasteiger partial charge in [0.05, 0.1) is 0 Å². The maximum Gasteiger partial charge on any atom is 0.228 e. The monoisotopic (exact) mass is 305 g/mol. The Balaban J connectivity index is 0.00000162. The lowest BCUT2D eigenvalue weighted by Crippen LogP contribution is -2.34. The molecule has 2 rings (SSSR count). The molecule has 1 saturated carbocycles. The lowest BCUT2D eigenvalue weighted by Gasteiger charge is -2.25. The van der Waals surface area contributed by atoms with Crippen molar-refractivity contribution < 1.29 is 4.79 Å². The van der Waals surface area contributed by atoms with Gasteiger partial charge in [-0.2, -0.15) is 0 Å².